The van der Waals surface area contributed by atoms with Gasteiger partial charge < -0.3 is 5.73 Å². The van der Waals surface area contributed by atoms with E-state index in [1.807, 2.05) is 55.5 Å². The lowest BCUT2D eigenvalue weighted by atomic mass is 10.2. The Hall–Kier alpha value is -1.50. The summed E-state index contributed by atoms with van der Waals surface area (Å²) >= 11 is 0. The van der Waals surface area contributed by atoms with Crippen LogP contribution in [-0.2, 0) is 0 Å². The molecule has 62 valence electrons. The second-order valence-electron chi connectivity index (χ2n) is 2.56. The van der Waals surface area contributed by atoms with Gasteiger partial charge in [-0.25, -0.2) is 0 Å². The average Bonchev–Trinajstić information content (AvgIpc) is 2.05. The number of allylic oxidation sites excluding steroid dienone is 3. The van der Waals surface area contributed by atoms with Crippen molar-refractivity contribution in [2.24, 2.45) is 0 Å². The lowest BCUT2D eigenvalue weighted by molar-refractivity contribution is 1.64. The molecule has 1 aromatic carbocycles. The molecule has 0 saturated carbocycles. The smallest absolute Gasteiger partial charge is 0.0319 e. The van der Waals surface area contributed by atoms with E-state index in [0.717, 1.165) is 11.3 Å². The zero-order chi connectivity index (χ0) is 8.81. The third-order valence-electron chi connectivity index (χ3n) is 1.50. The van der Waals surface area contributed by atoms with Gasteiger partial charge in [0.05, 0.1) is 0 Å². The summed E-state index contributed by atoms with van der Waals surface area (Å²) in [5.41, 5.74) is 7.55. The van der Waals surface area contributed by atoms with Crippen LogP contribution in [0.2, 0.25) is 0 Å². The van der Waals surface area contributed by atoms with Crippen molar-refractivity contribution >= 4 is 11.8 Å². The van der Waals surface area contributed by atoms with Crippen LogP contribution in [0, 0.1) is 0 Å². The second kappa shape index (κ2) is 4.39. The molecular weight excluding hydrogens is 146 g/mol. The first-order chi connectivity index (χ1) is 5.83. The van der Waals surface area contributed by atoms with Crippen LogP contribution in [0.5, 0.6) is 0 Å². The van der Waals surface area contributed by atoms with Gasteiger partial charge in [0.2, 0.25) is 0 Å². The molecule has 0 bridgehead atoms. The number of anilines is 1. The summed E-state index contributed by atoms with van der Waals surface area (Å²) in [7, 11) is 0. The summed E-state index contributed by atoms with van der Waals surface area (Å²) in [4.78, 5) is 0. The Morgan fingerprint density at radius 3 is 2.75 bits per heavy atom. The van der Waals surface area contributed by atoms with Crippen LogP contribution >= 0.6 is 0 Å². The molecule has 0 heterocycles. The van der Waals surface area contributed by atoms with E-state index in [1.165, 1.54) is 0 Å². The minimum Gasteiger partial charge on any atom is -0.399 e. The van der Waals surface area contributed by atoms with Crippen molar-refractivity contribution in [1.29, 1.82) is 0 Å². The van der Waals surface area contributed by atoms with Crippen LogP contribution in [0.25, 0.3) is 6.08 Å². The largest absolute Gasteiger partial charge is 0.399 e. The van der Waals surface area contributed by atoms with E-state index < -0.39 is 0 Å². The fourth-order valence-electron chi connectivity index (χ4n) is 0.940. The van der Waals surface area contributed by atoms with Crippen LogP contribution in [-0.4, -0.2) is 0 Å². The van der Waals surface area contributed by atoms with E-state index in [9.17, 15) is 0 Å². The van der Waals surface area contributed by atoms with Crippen LogP contribution in [0.3, 0.4) is 0 Å². The van der Waals surface area contributed by atoms with E-state index >= 15 is 0 Å². The Balaban J connectivity index is 2.76. The molecule has 0 aromatic heterocycles. The van der Waals surface area contributed by atoms with E-state index in [0.29, 0.717) is 0 Å². The van der Waals surface area contributed by atoms with Crippen molar-refractivity contribution in [3.8, 4) is 0 Å². The molecule has 1 heteroatoms. The standard InChI is InChI=1S/C11H13N/c1-2-3-4-6-10-7-5-8-11(12)9-10/h2-9H,12H2,1H3/b3-2-,6-4-. The Kier molecular flexibility index (Phi) is 3.15. The van der Waals surface area contributed by atoms with Crippen LogP contribution in [0.1, 0.15) is 12.5 Å². The number of benzene rings is 1. The predicted molar refractivity (Wildman–Crippen MR) is 54.7 cm³/mol. The molecule has 0 atom stereocenters. The number of hydrogen-bond acceptors (Lipinski definition) is 1. The minimum atomic E-state index is 0.803. The molecule has 0 aliphatic rings. The average molecular weight is 159 g/mol. The lowest BCUT2D eigenvalue weighted by Gasteiger charge is -1.93. The molecule has 0 aliphatic carbocycles. The summed E-state index contributed by atoms with van der Waals surface area (Å²) in [6, 6.07) is 7.80. The first-order valence-corrected chi connectivity index (χ1v) is 3.98. The van der Waals surface area contributed by atoms with Gasteiger partial charge in [-0.3, -0.25) is 0 Å². The maximum absolute atomic E-state index is 5.61. The summed E-state index contributed by atoms with van der Waals surface area (Å²) in [5.74, 6) is 0. The summed E-state index contributed by atoms with van der Waals surface area (Å²) in [5, 5.41) is 0. The van der Waals surface area contributed by atoms with Gasteiger partial charge in [-0.15, -0.1) is 0 Å². The molecule has 0 fully saturated rings. The highest BCUT2D eigenvalue weighted by molar-refractivity contribution is 5.56. The van der Waals surface area contributed by atoms with Crippen molar-refractivity contribution in [3.05, 3.63) is 48.1 Å². The highest BCUT2D eigenvalue weighted by Crippen LogP contribution is 2.07. The van der Waals surface area contributed by atoms with E-state index in [-0.39, 0.29) is 0 Å². The zero-order valence-corrected chi connectivity index (χ0v) is 7.20. The van der Waals surface area contributed by atoms with Crippen LogP contribution in [0.15, 0.2) is 42.5 Å². The Morgan fingerprint density at radius 1 is 1.25 bits per heavy atom. The maximum Gasteiger partial charge on any atom is 0.0319 e. The zero-order valence-electron chi connectivity index (χ0n) is 7.20. The Morgan fingerprint density at radius 2 is 2.08 bits per heavy atom. The molecule has 0 saturated heterocycles. The maximum atomic E-state index is 5.61. The highest BCUT2D eigenvalue weighted by Gasteiger charge is 1.85. The van der Waals surface area contributed by atoms with Gasteiger partial charge in [0.1, 0.15) is 0 Å². The van der Waals surface area contributed by atoms with Gasteiger partial charge in [-0.2, -0.15) is 0 Å². The normalized spacial score (nSPS) is 11.4. The summed E-state index contributed by atoms with van der Waals surface area (Å²) in [6.07, 6.45) is 8.00. The number of rotatable bonds is 2. The highest BCUT2D eigenvalue weighted by atomic mass is 14.5. The van der Waals surface area contributed by atoms with Crippen molar-refractivity contribution in [2.75, 3.05) is 5.73 Å². The quantitative estimate of drug-likeness (QED) is 0.521. The van der Waals surface area contributed by atoms with Crippen LogP contribution in [0.4, 0.5) is 5.69 Å². The fourth-order valence-corrected chi connectivity index (χ4v) is 0.940. The van der Waals surface area contributed by atoms with Crippen molar-refractivity contribution in [3.63, 3.8) is 0 Å². The summed E-state index contributed by atoms with van der Waals surface area (Å²) in [6.45, 7) is 1.99. The lowest BCUT2D eigenvalue weighted by Crippen LogP contribution is -1.83. The third-order valence-corrected chi connectivity index (χ3v) is 1.50. The molecule has 0 amide bonds. The third kappa shape index (κ3) is 2.62. The molecule has 1 aromatic rings. The summed E-state index contributed by atoms with van der Waals surface area (Å²) < 4.78 is 0. The van der Waals surface area contributed by atoms with Crippen molar-refractivity contribution < 1.29 is 0 Å². The molecule has 0 unspecified atom stereocenters. The number of hydrogen-bond donors (Lipinski definition) is 1. The second-order valence-corrected chi connectivity index (χ2v) is 2.56. The monoisotopic (exact) mass is 159 g/mol. The molecule has 1 rings (SSSR count). The first-order valence-electron chi connectivity index (χ1n) is 3.98. The van der Waals surface area contributed by atoms with Gasteiger partial charge >= 0.3 is 0 Å². The van der Waals surface area contributed by atoms with Gasteiger partial charge in [0.25, 0.3) is 0 Å². The molecule has 12 heavy (non-hydrogen) atoms. The Bertz CT molecular complexity index is 298. The van der Waals surface area contributed by atoms with E-state index in [4.69, 9.17) is 5.73 Å². The van der Waals surface area contributed by atoms with Gasteiger partial charge in [0.15, 0.2) is 0 Å². The topological polar surface area (TPSA) is 26.0 Å². The van der Waals surface area contributed by atoms with Gasteiger partial charge in [-0.1, -0.05) is 36.4 Å². The predicted octanol–water partition coefficient (Wildman–Crippen LogP) is 2.86. The first kappa shape index (κ1) is 8.60. The van der Waals surface area contributed by atoms with Gasteiger partial charge in [-0.05, 0) is 24.6 Å². The van der Waals surface area contributed by atoms with E-state index in [1.54, 1.807) is 0 Å². The number of nitrogen functional groups attached to an aromatic ring is 1. The van der Waals surface area contributed by atoms with Crippen LogP contribution < -0.4 is 5.73 Å². The molecule has 0 aliphatic heterocycles. The molecule has 1 nitrogen and oxygen atoms in total. The fraction of sp³-hybridized carbons (Fsp3) is 0.0909. The van der Waals surface area contributed by atoms with Gasteiger partial charge in [0, 0.05) is 5.69 Å². The number of nitrogens with two attached hydrogens (primary N) is 1. The molecule has 0 radical (unpaired) electrons. The SMILES string of the molecule is C/C=C\C=C/c1cccc(N)c1. The molecule has 2 N–H and O–H groups in total. The molecule has 0 spiro atoms. The minimum absolute atomic E-state index is 0.803. The van der Waals surface area contributed by atoms with E-state index in [2.05, 4.69) is 0 Å². The van der Waals surface area contributed by atoms with Crippen molar-refractivity contribution in [1.82, 2.24) is 0 Å². The molecular formula is C11H13N. The Labute approximate surface area is 73.2 Å². The van der Waals surface area contributed by atoms with Crippen molar-refractivity contribution in [2.45, 2.75) is 6.92 Å².